The van der Waals surface area contributed by atoms with Gasteiger partial charge in [0.05, 0.1) is 6.10 Å². The first-order chi connectivity index (χ1) is 5.83. The summed E-state index contributed by atoms with van der Waals surface area (Å²) in [5, 5.41) is 0. The lowest BCUT2D eigenvalue weighted by Gasteiger charge is -2.22. The highest BCUT2D eigenvalue weighted by molar-refractivity contribution is 9.09. The molecule has 0 radical (unpaired) electrons. The minimum absolute atomic E-state index is 0.443. The number of methoxy groups -OCH3 is 1. The Bertz CT molecular complexity index is 190. The van der Waals surface area contributed by atoms with Crippen molar-refractivity contribution in [1.29, 1.82) is 0 Å². The summed E-state index contributed by atoms with van der Waals surface area (Å²) < 4.78 is 5.49. The van der Waals surface area contributed by atoms with Crippen LogP contribution in [0.4, 0.5) is 0 Å². The van der Waals surface area contributed by atoms with Gasteiger partial charge in [0.2, 0.25) is 0 Å². The quantitative estimate of drug-likeness (QED) is 0.498. The minimum Gasteiger partial charge on any atom is -0.381 e. The molecule has 0 spiro atoms. The summed E-state index contributed by atoms with van der Waals surface area (Å²) in [7, 11) is 1.83. The molecule has 2 bridgehead atoms. The molecule has 1 fully saturated rings. The van der Waals surface area contributed by atoms with E-state index in [1.807, 2.05) is 7.11 Å². The maximum atomic E-state index is 5.49. The Morgan fingerprint density at radius 1 is 1.42 bits per heavy atom. The van der Waals surface area contributed by atoms with Crippen LogP contribution in [0.5, 0.6) is 0 Å². The highest BCUT2D eigenvalue weighted by Crippen LogP contribution is 2.42. The molecule has 0 aliphatic heterocycles. The first kappa shape index (κ1) is 8.76. The van der Waals surface area contributed by atoms with E-state index in [1.165, 1.54) is 12.8 Å². The molecule has 2 heteroatoms. The number of allylic oxidation sites excluding steroid dienone is 1. The Balaban J connectivity index is 2.17. The van der Waals surface area contributed by atoms with E-state index in [2.05, 4.69) is 28.1 Å². The van der Waals surface area contributed by atoms with Gasteiger partial charge in [-0.05, 0) is 31.1 Å². The number of fused-ring (bicyclic) bond motifs is 2. The summed E-state index contributed by atoms with van der Waals surface area (Å²) in [6.45, 7) is 0. The first-order valence-corrected chi connectivity index (χ1v) is 5.58. The van der Waals surface area contributed by atoms with Crippen molar-refractivity contribution in [2.75, 3.05) is 7.11 Å². The minimum atomic E-state index is 0.443. The zero-order valence-electron chi connectivity index (χ0n) is 7.37. The molecular weight excluding hydrogens is 216 g/mol. The molecule has 0 saturated heterocycles. The molecule has 0 aromatic rings. The summed E-state index contributed by atoms with van der Waals surface area (Å²) >= 11 is 3.78. The van der Waals surface area contributed by atoms with Gasteiger partial charge in [0.1, 0.15) is 0 Å². The fourth-order valence-corrected chi connectivity index (χ4v) is 3.49. The van der Waals surface area contributed by atoms with Gasteiger partial charge in [0, 0.05) is 11.9 Å². The fourth-order valence-electron chi connectivity index (χ4n) is 2.45. The Hall–Kier alpha value is 0.180. The van der Waals surface area contributed by atoms with Crippen molar-refractivity contribution in [3.05, 3.63) is 12.2 Å². The number of hydrogen-bond acceptors (Lipinski definition) is 1. The molecule has 68 valence electrons. The molecule has 0 N–H and O–H groups in total. The largest absolute Gasteiger partial charge is 0.381 e. The van der Waals surface area contributed by atoms with E-state index in [-0.39, 0.29) is 0 Å². The topological polar surface area (TPSA) is 9.23 Å². The summed E-state index contributed by atoms with van der Waals surface area (Å²) in [4.78, 5) is 0.654. The standard InChI is InChI=1S/C10H15BrO/c1-12-9-4-2-3-7-5-6-8(9)10(7)11/h2-3,7-10H,4-6H2,1H3/t7-,8-,9-,10-/m1/s1. The zero-order chi connectivity index (χ0) is 8.55. The highest BCUT2D eigenvalue weighted by Gasteiger charge is 2.38. The maximum absolute atomic E-state index is 5.49. The monoisotopic (exact) mass is 230 g/mol. The number of alkyl halides is 1. The van der Waals surface area contributed by atoms with Crippen molar-refractivity contribution < 1.29 is 4.74 Å². The molecule has 0 aromatic carbocycles. The van der Waals surface area contributed by atoms with Gasteiger partial charge in [-0.1, -0.05) is 28.1 Å². The predicted octanol–water partition coefficient (Wildman–Crippen LogP) is 2.75. The van der Waals surface area contributed by atoms with Gasteiger partial charge in [-0.2, -0.15) is 0 Å². The lowest BCUT2D eigenvalue weighted by molar-refractivity contribution is 0.0597. The average Bonchev–Trinajstić information content (AvgIpc) is 2.29. The molecule has 0 amide bonds. The van der Waals surface area contributed by atoms with Crippen molar-refractivity contribution in [1.82, 2.24) is 0 Å². The van der Waals surface area contributed by atoms with E-state index in [0.717, 1.165) is 18.3 Å². The van der Waals surface area contributed by atoms with Crippen LogP contribution >= 0.6 is 15.9 Å². The Labute approximate surface area is 82.3 Å². The van der Waals surface area contributed by atoms with E-state index in [0.29, 0.717) is 10.9 Å². The van der Waals surface area contributed by atoms with Crippen molar-refractivity contribution in [2.24, 2.45) is 11.8 Å². The maximum Gasteiger partial charge on any atom is 0.0644 e. The van der Waals surface area contributed by atoms with Crippen molar-refractivity contribution in [3.8, 4) is 0 Å². The molecule has 2 aliphatic carbocycles. The van der Waals surface area contributed by atoms with Crippen LogP contribution in [0.3, 0.4) is 0 Å². The second kappa shape index (κ2) is 3.51. The zero-order valence-corrected chi connectivity index (χ0v) is 8.96. The van der Waals surface area contributed by atoms with Gasteiger partial charge >= 0.3 is 0 Å². The van der Waals surface area contributed by atoms with E-state index in [1.54, 1.807) is 0 Å². The fraction of sp³-hybridized carbons (Fsp3) is 0.800. The Kier molecular flexibility index (Phi) is 2.56. The average molecular weight is 231 g/mol. The second-order valence-corrected chi connectivity index (χ2v) is 4.84. The summed E-state index contributed by atoms with van der Waals surface area (Å²) in [6.07, 6.45) is 8.84. The Morgan fingerprint density at radius 3 is 3.00 bits per heavy atom. The van der Waals surface area contributed by atoms with Crippen LogP contribution in [0.25, 0.3) is 0 Å². The third-order valence-electron chi connectivity index (χ3n) is 3.18. The lowest BCUT2D eigenvalue weighted by atomic mass is 9.99. The van der Waals surface area contributed by atoms with Crippen LogP contribution in [0.15, 0.2) is 12.2 Å². The van der Waals surface area contributed by atoms with Crippen LogP contribution in [-0.2, 0) is 4.74 Å². The molecule has 1 saturated carbocycles. The SMILES string of the molecule is CO[C@@H]1CC=C[C@@H]2CC[C@H]1[C@@H]2Br. The number of ether oxygens (including phenoxy) is 1. The number of hydrogen-bond donors (Lipinski definition) is 0. The van der Waals surface area contributed by atoms with E-state index in [9.17, 15) is 0 Å². The summed E-state index contributed by atoms with van der Waals surface area (Å²) in [5.41, 5.74) is 0. The lowest BCUT2D eigenvalue weighted by Crippen LogP contribution is -2.26. The van der Waals surface area contributed by atoms with Crippen molar-refractivity contribution in [2.45, 2.75) is 30.2 Å². The van der Waals surface area contributed by atoms with Crippen molar-refractivity contribution in [3.63, 3.8) is 0 Å². The van der Waals surface area contributed by atoms with Crippen LogP contribution in [0.2, 0.25) is 0 Å². The smallest absolute Gasteiger partial charge is 0.0644 e. The van der Waals surface area contributed by atoms with Crippen LogP contribution in [0, 0.1) is 11.8 Å². The molecule has 2 rings (SSSR count). The Morgan fingerprint density at radius 2 is 2.25 bits per heavy atom. The molecule has 2 aliphatic rings. The summed E-state index contributed by atoms with van der Waals surface area (Å²) in [5.74, 6) is 1.49. The van der Waals surface area contributed by atoms with Gasteiger partial charge in [-0.15, -0.1) is 0 Å². The first-order valence-electron chi connectivity index (χ1n) is 4.66. The molecule has 0 heterocycles. The molecule has 4 atom stereocenters. The second-order valence-electron chi connectivity index (χ2n) is 3.79. The molecular formula is C10H15BrO. The molecule has 0 aromatic heterocycles. The van der Waals surface area contributed by atoms with Gasteiger partial charge in [-0.3, -0.25) is 0 Å². The molecule has 0 unspecified atom stereocenters. The highest BCUT2D eigenvalue weighted by atomic mass is 79.9. The predicted molar refractivity (Wildman–Crippen MR) is 53.5 cm³/mol. The van der Waals surface area contributed by atoms with Gasteiger partial charge in [0.25, 0.3) is 0 Å². The van der Waals surface area contributed by atoms with Crippen LogP contribution in [0.1, 0.15) is 19.3 Å². The number of halogens is 1. The van der Waals surface area contributed by atoms with Gasteiger partial charge in [-0.25, -0.2) is 0 Å². The summed E-state index contributed by atoms with van der Waals surface area (Å²) in [6, 6.07) is 0. The van der Waals surface area contributed by atoms with Crippen LogP contribution < -0.4 is 0 Å². The number of rotatable bonds is 1. The van der Waals surface area contributed by atoms with E-state index >= 15 is 0 Å². The van der Waals surface area contributed by atoms with Crippen molar-refractivity contribution >= 4 is 15.9 Å². The normalized spacial score (nSPS) is 46.2. The van der Waals surface area contributed by atoms with Gasteiger partial charge < -0.3 is 4.74 Å². The van der Waals surface area contributed by atoms with Gasteiger partial charge in [0.15, 0.2) is 0 Å². The molecule has 12 heavy (non-hydrogen) atoms. The third-order valence-corrected chi connectivity index (χ3v) is 4.54. The third kappa shape index (κ3) is 1.35. The van der Waals surface area contributed by atoms with Crippen LogP contribution in [-0.4, -0.2) is 18.0 Å². The van der Waals surface area contributed by atoms with E-state index < -0.39 is 0 Å². The molecule has 1 nitrogen and oxygen atoms in total. The van der Waals surface area contributed by atoms with E-state index in [4.69, 9.17) is 4.74 Å².